The maximum Gasteiger partial charge on any atom is 0.416 e. The highest BCUT2D eigenvalue weighted by molar-refractivity contribution is 9.10. The topological polar surface area (TPSA) is 50.9 Å². The van der Waals surface area contributed by atoms with E-state index in [0.717, 1.165) is 12.1 Å². The molecule has 0 unspecified atom stereocenters. The molecule has 8 heteroatoms. The third kappa shape index (κ3) is 3.16. The predicted molar refractivity (Wildman–Crippen MR) is 76.1 cm³/mol. The summed E-state index contributed by atoms with van der Waals surface area (Å²) in [6, 6.07) is 3.05. The van der Waals surface area contributed by atoms with Crippen LogP contribution in [0.25, 0.3) is 0 Å². The lowest BCUT2D eigenvalue weighted by atomic mass is 10.2. The van der Waals surface area contributed by atoms with Gasteiger partial charge in [0.25, 0.3) is 0 Å². The molecule has 0 aliphatic carbocycles. The van der Waals surface area contributed by atoms with E-state index < -0.39 is 11.7 Å². The van der Waals surface area contributed by atoms with Crippen LogP contribution < -0.4 is 11.1 Å². The fourth-order valence-electron chi connectivity index (χ4n) is 1.51. The summed E-state index contributed by atoms with van der Waals surface area (Å²) in [6.07, 6.45) is -1.50. The van der Waals surface area contributed by atoms with Gasteiger partial charge in [-0.3, -0.25) is 4.98 Å². The molecule has 2 aromatic rings. The van der Waals surface area contributed by atoms with Crippen molar-refractivity contribution in [3.63, 3.8) is 0 Å². The van der Waals surface area contributed by atoms with Crippen LogP contribution in [0.3, 0.4) is 0 Å². The molecule has 0 aliphatic heterocycles. The quantitative estimate of drug-likeness (QED) is 0.799. The standard InChI is InChI=1S/C12H8BrClF3N3/c13-7-4-19-5-9(18)11(7)20-10-2-1-6(3-8(10)14)12(15,16)17/h1-5H,18H2,(H,19,20). The van der Waals surface area contributed by atoms with Crippen molar-refractivity contribution in [2.24, 2.45) is 0 Å². The van der Waals surface area contributed by atoms with Crippen molar-refractivity contribution in [2.75, 3.05) is 11.1 Å². The second kappa shape index (κ2) is 5.49. The number of nitrogen functional groups attached to an aromatic ring is 1. The van der Waals surface area contributed by atoms with Crippen LogP contribution in [0.4, 0.5) is 30.2 Å². The lowest BCUT2D eigenvalue weighted by Gasteiger charge is -2.14. The Balaban J connectivity index is 2.36. The van der Waals surface area contributed by atoms with Crippen molar-refractivity contribution in [1.29, 1.82) is 0 Å². The molecule has 2 rings (SSSR count). The number of pyridine rings is 1. The number of nitrogens with two attached hydrogens (primary N) is 1. The van der Waals surface area contributed by atoms with Gasteiger partial charge in [0.05, 0.1) is 38.3 Å². The maximum absolute atomic E-state index is 12.5. The first-order valence-electron chi connectivity index (χ1n) is 5.32. The summed E-state index contributed by atoms with van der Waals surface area (Å²) in [5.74, 6) is 0. The number of anilines is 3. The lowest BCUT2D eigenvalue weighted by molar-refractivity contribution is -0.137. The Labute approximate surface area is 126 Å². The van der Waals surface area contributed by atoms with Crippen LogP contribution in [-0.4, -0.2) is 4.98 Å². The Hall–Kier alpha value is -1.47. The summed E-state index contributed by atoms with van der Waals surface area (Å²) in [4.78, 5) is 3.86. The van der Waals surface area contributed by atoms with Crippen molar-refractivity contribution in [3.8, 4) is 0 Å². The molecule has 0 fully saturated rings. The van der Waals surface area contributed by atoms with Crippen LogP contribution in [0.15, 0.2) is 35.1 Å². The van der Waals surface area contributed by atoms with Crippen LogP contribution >= 0.6 is 27.5 Å². The minimum absolute atomic E-state index is 0.0528. The van der Waals surface area contributed by atoms with Gasteiger partial charge in [0.15, 0.2) is 0 Å². The molecule has 20 heavy (non-hydrogen) atoms. The van der Waals surface area contributed by atoms with E-state index >= 15 is 0 Å². The van der Waals surface area contributed by atoms with Crippen molar-refractivity contribution in [2.45, 2.75) is 6.18 Å². The molecular weight excluding hydrogens is 359 g/mol. The molecule has 0 saturated heterocycles. The minimum Gasteiger partial charge on any atom is -0.396 e. The Kier molecular flexibility index (Phi) is 4.10. The largest absolute Gasteiger partial charge is 0.416 e. The molecule has 0 aliphatic rings. The highest BCUT2D eigenvalue weighted by atomic mass is 79.9. The highest BCUT2D eigenvalue weighted by Gasteiger charge is 2.30. The van der Waals surface area contributed by atoms with Gasteiger partial charge in [0.2, 0.25) is 0 Å². The Morgan fingerprint density at radius 3 is 2.50 bits per heavy atom. The highest BCUT2D eigenvalue weighted by Crippen LogP contribution is 2.37. The van der Waals surface area contributed by atoms with Gasteiger partial charge >= 0.3 is 6.18 Å². The molecule has 1 aromatic carbocycles. The summed E-state index contributed by atoms with van der Waals surface area (Å²) < 4.78 is 38.2. The van der Waals surface area contributed by atoms with Crippen LogP contribution in [-0.2, 0) is 6.18 Å². The zero-order valence-corrected chi connectivity index (χ0v) is 12.1. The van der Waals surface area contributed by atoms with Gasteiger partial charge in [-0.1, -0.05) is 11.6 Å². The number of nitrogens with zero attached hydrogens (tertiary/aromatic N) is 1. The van der Waals surface area contributed by atoms with Crippen molar-refractivity contribution in [3.05, 3.63) is 45.7 Å². The molecule has 0 radical (unpaired) electrons. The third-order valence-corrected chi connectivity index (χ3v) is 3.40. The maximum atomic E-state index is 12.5. The summed E-state index contributed by atoms with van der Waals surface area (Å²) in [5.41, 5.74) is 6.08. The zero-order chi connectivity index (χ0) is 14.9. The lowest BCUT2D eigenvalue weighted by Crippen LogP contribution is -2.05. The Bertz CT molecular complexity index is 626. The fraction of sp³-hybridized carbons (Fsp3) is 0.0833. The van der Waals surface area contributed by atoms with E-state index in [1.54, 1.807) is 0 Å². The normalized spacial score (nSPS) is 11.4. The predicted octanol–water partition coefficient (Wildman–Crippen LogP) is 4.84. The van der Waals surface area contributed by atoms with E-state index in [1.807, 2.05) is 0 Å². The van der Waals surface area contributed by atoms with E-state index in [2.05, 4.69) is 26.2 Å². The smallest absolute Gasteiger partial charge is 0.396 e. The van der Waals surface area contributed by atoms with E-state index in [-0.39, 0.29) is 5.02 Å². The van der Waals surface area contributed by atoms with E-state index in [4.69, 9.17) is 17.3 Å². The number of benzene rings is 1. The number of hydrogen-bond acceptors (Lipinski definition) is 3. The Morgan fingerprint density at radius 1 is 1.25 bits per heavy atom. The zero-order valence-electron chi connectivity index (χ0n) is 9.80. The number of nitrogens with one attached hydrogen (secondary N) is 1. The molecule has 3 N–H and O–H groups in total. The van der Waals surface area contributed by atoms with Gasteiger partial charge in [-0.15, -0.1) is 0 Å². The molecule has 1 heterocycles. The van der Waals surface area contributed by atoms with E-state index in [1.165, 1.54) is 18.5 Å². The van der Waals surface area contributed by atoms with Crippen LogP contribution in [0.2, 0.25) is 5.02 Å². The summed E-state index contributed by atoms with van der Waals surface area (Å²) in [6.45, 7) is 0. The molecule has 1 aromatic heterocycles. The van der Waals surface area contributed by atoms with E-state index in [0.29, 0.717) is 21.5 Å². The van der Waals surface area contributed by atoms with Crippen LogP contribution in [0.1, 0.15) is 5.56 Å². The number of hydrogen-bond donors (Lipinski definition) is 2. The first kappa shape index (κ1) is 14.9. The summed E-state index contributed by atoms with van der Waals surface area (Å²) in [7, 11) is 0. The van der Waals surface area contributed by atoms with Crippen molar-refractivity contribution in [1.82, 2.24) is 4.98 Å². The minimum atomic E-state index is -4.43. The van der Waals surface area contributed by atoms with Crippen molar-refractivity contribution < 1.29 is 13.2 Å². The van der Waals surface area contributed by atoms with Gasteiger partial charge in [0, 0.05) is 6.20 Å². The van der Waals surface area contributed by atoms with Gasteiger partial charge in [-0.2, -0.15) is 13.2 Å². The van der Waals surface area contributed by atoms with Crippen LogP contribution in [0, 0.1) is 0 Å². The second-order valence-corrected chi connectivity index (χ2v) is 5.16. The first-order chi connectivity index (χ1) is 9.29. The summed E-state index contributed by atoms with van der Waals surface area (Å²) >= 11 is 9.10. The second-order valence-electron chi connectivity index (χ2n) is 3.90. The number of alkyl halides is 3. The fourth-order valence-corrected chi connectivity index (χ4v) is 2.18. The number of aromatic nitrogens is 1. The SMILES string of the molecule is Nc1cncc(Br)c1Nc1ccc(C(F)(F)F)cc1Cl. The first-order valence-corrected chi connectivity index (χ1v) is 6.49. The van der Waals surface area contributed by atoms with Gasteiger partial charge in [-0.05, 0) is 34.1 Å². The molecule has 0 spiro atoms. The monoisotopic (exact) mass is 365 g/mol. The molecule has 0 atom stereocenters. The average molecular weight is 367 g/mol. The molecule has 0 amide bonds. The summed E-state index contributed by atoms with van der Waals surface area (Å²) in [5, 5.41) is 2.82. The molecule has 0 bridgehead atoms. The Morgan fingerprint density at radius 2 is 1.95 bits per heavy atom. The van der Waals surface area contributed by atoms with Gasteiger partial charge in [-0.25, -0.2) is 0 Å². The van der Waals surface area contributed by atoms with Crippen LogP contribution in [0.5, 0.6) is 0 Å². The number of rotatable bonds is 2. The molecule has 0 saturated carbocycles. The molecule has 106 valence electrons. The average Bonchev–Trinajstić information content (AvgIpc) is 2.34. The molecule has 3 nitrogen and oxygen atoms in total. The molecular formula is C12H8BrClF3N3. The van der Waals surface area contributed by atoms with Gasteiger partial charge in [0.1, 0.15) is 0 Å². The van der Waals surface area contributed by atoms with E-state index in [9.17, 15) is 13.2 Å². The number of halogens is 5. The van der Waals surface area contributed by atoms with Crippen molar-refractivity contribution >= 4 is 44.6 Å². The van der Waals surface area contributed by atoms with Gasteiger partial charge < -0.3 is 11.1 Å². The third-order valence-electron chi connectivity index (χ3n) is 2.49.